The molecule has 0 N–H and O–H groups in total. The van der Waals surface area contributed by atoms with Gasteiger partial charge in [-0.1, -0.05) is 0 Å². The molecule has 1 atom stereocenters. The van der Waals surface area contributed by atoms with Crippen molar-refractivity contribution in [3.63, 3.8) is 0 Å². The van der Waals surface area contributed by atoms with Crippen LogP contribution in [0.4, 0.5) is 8.78 Å². The Hall–Kier alpha value is -3.53. The van der Waals surface area contributed by atoms with Gasteiger partial charge in [0.1, 0.15) is 11.6 Å². The number of hydrogen-bond donors (Lipinski definition) is 0. The van der Waals surface area contributed by atoms with Gasteiger partial charge in [-0.3, -0.25) is 9.78 Å². The number of aromatic nitrogens is 5. The number of imidazole rings is 1. The Balaban J connectivity index is 1.65. The Kier molecular flexibility index (Phi) is 5.24. The van der Waals surface area contributed by atoms with E-state index in [9.17, 15) is 9.18 Å². The molecule has 4 aromatic rings. The molecule has 3 aromatic heterocycles. The predicted octanol–water partition coefficient (Wildman–Crippen LogP) is 4.58. The molecule has 5 rings (SSSR count). The van der Waals surface area contributed by atoms with Crippen LogP contribution in [0.15, 0.2) is 36.5 Å². The number of aryl methyl sites for hydroxylation is 2. The lowest BCUT2D eigenvalue weighted by Crippen LogP contribution is -2.41. The van der Waals surface area contributed by atoms with Crippen LogP contribution in [0.25, 0.3) is 22.1 Å². The molecule has 1 aliphatic heterocycles. The average Bonchev–Trinajstić information content (AvgIpc) is 3.40. The first-order valence-corrected chi connectivity index (χ1v) is 11.2. The molecule has 10 heteroatoms. The van der Waals surface area contributed by atoms with E-state index in [4.69, 9.17) is 4.98 Å². The Morgan fingerprint density at radius 3 is 2.55 bits per heavy atom. The SMILES string of the molecule is Cc1nsc(-c2nc(-c3ccnc(C)c3F)c3n2CCN(C(=O)c2ccc(F)cc2)C3C)n1. The molecule has 0 saturated carbocycles. The molecule has 4 heterocycles. The number of rotatable bonds is 3. The summed E-state index contributed by atoms with van der Waals surface area (Å²) in [5.41, 5.74) is 2.14. The first kappa shape index (κ1) is 21.3. The van der Waals surface area contributed by atoms with Crippen LogP contribution >= 0.6 is 11.5 Å². The van der Waals surface area contributed by atoms with Crippen LogP contribution in [-0.4, -0.2) is 41.2 Å². The zero-order chi connectivity index (χ0) is 23.3. The summed E-state index contributed by atoms with van der Waals surface area (Å²) in [6, 6.07) is 6.66. The standard InChI is InChI=1S/C23H20F2N6OS/c1-12-18(25)17(8-9-26-12)19-20-13(2)30(23(32)15-4-6-16(24)7-5-15)10-11-31(20)21(28-19)22-27-14(3)29-33-22/h4-9,13H,10-11H2,1-3H3. The van der Waals surface area contributed by atoms with E-state index < -0.39 is 17.7 Å². The number of carbonyl (C=O) groups excluding carboxylic acids is 1. The Morgan fingerprint density at radius 1 is 1.09 bits per heavy atom. The molecule has 1 amide bonds. The lowest BCUT2D eigenvalue weighted by molar-refractivity contribution is 0.0645. The molecule has 0 bridgehead atoms. The molecular weight excluding hydrogens is 446 g/mol. The van der Waals surface area contributed by atoms with Gasteiger partial charge in [-0.05, 0) is 62.6 Å². The van der Waals surface area contributed by atoms with E-state index in [0.29, 0.717) is 52.3 Å². The highest BCUT2D eigenvalue weighted by Gasteiger charge is 2.35. The van der Waals surface area contributed by atoms with E-state index in [0.717, 1.165) is 0 Å². The normalized spacial score (nSPS) is 15.5. The molecule has 0 saturated heterocycles. The van der Waals surface area contributed by atoms with Crippen LogP contribution in [0.3, 0.4) is 0 Å². The predicted molar refractivity (Wildman–Crippen MR) is 120 cm³/mol. The van der Waals surface area contributed by atoms with Gasteiger partial charge in [0.05, 0.1) is 23.1 Å². The van der Waals surface area contributed by atoms with E-state index in [1.54, 1.807) is 31.0 Å². The molecule has 33 heavy (non-hydrogen) atoms. The third kappa shape index (κ3) is 3.60. The first-order chi connectivity index (χ1) is 15.8. The molecule has 168 valence electrons. The van der Waals surface area contributed by atoms with Gasteiger partial charge < -0.3 is 9.47 Å². The second-order valence-corrected chi connectivity index (χ2v) is 8.66. The topological polar surface area (TPSA) is 76.8 Å². The summed E-state index contributed by atoms with van der Waals surface area (Å²) in [6.07, 6.45) is 1.54. The summed E-state index contributed by atoms with van der Waals surface area (Å²) >= 11 is 1.23. The Morgan fingerprint density at radius 2 is 1.85 bits per heavy atom. The summed E-state index contributed by atoms with van der Waals surface area (Å²) in [4.78, 5) is 28.2. The van der Waals surface area contributed by atoms with Crippen LogP contribution in [0.2, 0.25) is 0 Å². The molecule has 0 aliphatic carbocycles. The first-order valence-electron chi connectivity index (χ1n) is 10.4. The van der Waals surface area contributed by atoms with E-state index >= 15 is 4.39 Å². The second-order valence-electron chi connectivity index (χ2n) is 7.91. The van der Waals surface area contributed by atoms with E-state index in [-0.39, 0.29) is 11.6 Å². The molecule has 1 unspecified atom stereocenters. The fourth-order valence-electron chi connectivity index (χ4n) is 4.18. The van der Waals surface area contributed by atoms with Crippen molar-refractivity contribution in [3.8, 4) is 22.1 Å². The highest BCUT2D eigenvalue weighted by molar-refractivity contribution is 7.09. The van der Waals surface area contributed by atoms with Crippen LogP contribution in [0.5, 0.6) is 0 Å². The summed E-state index contributed by atoms with van der Waals surface area (Å²) in [5.74, 6) is 0.157. The molecule has 0 spiro atoms. The van der Waals surface area contributed by atoms with Crippen molar-refractivity contribution in [2.45, 2.75) is 33.4 Å². The van der Waals surface area contributed by atoms with Crippen molar-refractivity contribution >= 4 is 17.4 Å². The summed E-state index contributed by atoms with van der Waals surface area (Å²) < 4.78 is 34.7. The third-order valence-corrected chi connectivity index (χ3v) is 6.63. The Labute approximate surface area is 192 Å². The highest BCUT2D eigenvalue weighted by Crippen LogP contribution is 2.39. The van der Waals surface area contributed by atoms with Crippen molar-refractivity contribution in [1.82, 2.24) is 28.8 Å². The number of halogens is 2. The quantitative estimate of drug-likeness (QED) is 0.442. The summed E-state index contributed by atoms with van der Waals surface area (Å²) in [5, 5.41) is 0.636. The highest BCUT2D eigenvalue weighted by atomic mass is 32.1. The minimum atomic E-state index is -0.451. The second kappa shape index (κ2) is 8.11. The van der Waals surface area contributed by atoms with Crippen molar-refractivity contribution in [3.05, 3.63) is 70.9 Å². The molecule has 0 fully saturated rings. The number of carbonyl (C=O) groups is 1. The van der Waals surface area contributed by atoms with Gasteiger partial charge in [0.25, 0.3) is 5.91 Å². The van der Waals surface area contributed by atoms with Crippen molar-refractivity contribution < 1.29 is 13.6 Å². The van der Waals surface area contributed by atoms with Crippen molar-refractivity contribution in [2.75, 3.05) is 6.54 Å². The van der Waals surface area contributed by atoms with Gasteiger partial charge in [-0.15, -0.1) is 0 Å². The Bertz CT molecular complexity index is 1360. The fourth-order valence-corrected chi connectivity index (χ4v) is 4.85. The maximum absolute atomic E-state index is 15.1. The lowest BCUT2D eigenvalue weighted by atomic mass is 10.0. The van der Waals surface area contributed by atoms with Gasteiger partial charge in [-0.25, -0.2) is 18.7 Å². The van der Waals surface area contributed by atoms with Crippen LogP contribution in [0, 0.1) is 25.5 Å². The molecule has 7 nitrogen and oxygen atoms in total. The smallest absolute Gasteiger partial charge is 0.254 e. The minimum Gasteiger partial charge on any atom is -0.329 e. The summed E-state index contributed by atoms with van der Waals surface area (Å²) in [7, 11) is 0. The average molecular weight is 467 g/mol. The zero-order valence-corrected chi connectivity index (χ0v) is 19.0. The number of amides is 1. The van der Waals surface area contributed by atoms with Crippen LogP contribution in [-0.2, 0) is 6.54 Å². The number of hydrogen-bond acceptors (Lipinski definition) is 6. The number of fused-ring (bicyclic) bond motifs is 1. The third-order valence-electron chi connectivity index (χ3n) is 5.82. The van der Waals surface area contributed by atoms with E-state index in [1.807, 2.05) is 11.5 Å². The van der Waals surface area contributed by atoms with Gasteiger partial charge in [-0.2, -0.15) is 4.37 Å². The monoisotopic (exact) mass is 466 g/mol. The van der Waals surface area contributed by atoms with E-state index in [2.05, 4.69) is 14.3 Å². The van der Waals surface area contributed by atoms with Gasteiger partial charge >= 0.3 is 0 Å². The molecule has 0 radical (unpaired) electrons. The van der Waals surface area contributed by atoms with Crippen molar-refractivity contribution in [1.29, 1.82) is 0 Å². The maximum Gasteiger partial charge on any atom is 0.254 e. The zero-order valence-electron chi connectivity index (χ0n) is 18.2. The fraction of sp³-hybridized carbons (Fsp3) is 0.261. The molecular formula is C23H20F2N6OS. The van der Waals surface area contributed by atoms with Gasteiger partial charge in [0.15, 0.2) is 16.6 Å². The molecule has 1 aromatic carbocycles. The maximum atomic E-state index is 15.1. The van der Waals surface area contributed by atoms with Gasteiger partial charge in [0.2, 0.25) is 0 Å². The molecule has 1 aliphatic rings. The number of benzene rings is 1. The van der Waals surface area contributed by atoms with E-state index in [1.165, 1.54) is 35.8 Å². The lowest BCUT2D eigenvalue weighted by Gasteiger charge is -2.35. The number of nitrogens with zero attached hydrogens (tertiary/aromatic N) is 6. The van der Waals surface area contributed by atoms with Crippen LogP contribution in [0.1, 0.15) is 40.5 Å². The minimum absolute atomic E-state index is 0.222. The van der Waals surface area contributed by atoms with Gasteiger partial charge in [0, 0.05) is 30.4 Å². The largest absolute Gasteiger partial charge is 0.329 e. The van der Waals surface area contributed by atoms with Crippen LogP contribution < -0.4 is 0 Å². The summed E-state index contributed by atoms with van der Waals surface area (Å²) in [6.45, 7) is 6.17. The van der Waals surface area contributed by atoms with Crippen molar-refractivity contribution in [2.24, 2.45) is 0 Å². The number of pyridine rings is 1.